The second-order valence-corrected chi connectivity index (χ2v) is 6.78. The number of carbonyl (C=O) groups is 1. The summed E-state index contributed by atoms with van der Waals surface area (Å²) in [5, 5.41) is 4.05. The Balaban J connectivity index is 1.46. The van der Waals surface area contributed by atoms with Crippen LogP contribution in [0.5, 0.6) is 0 Å². The minimum absolute atomic E-state index is 0.0975. The van der Waals surface area contributed by atoms with Gasteiger partial charge in [-0.3, -0.25) is 9.78 Å². The second-order valence-electron chi connectivity index (χ2n) is 6.78. The van der Waals surface area contributed by atoms with Gasteiger partial charge in [-0.15, -0.1) is 0 Å². The fourth-order valence-corrected chi connectivity index (χ4v) is 3.50. The maximum Gasteiger partial charge on any atom is 0.253 e. The molecular formula is C21H23N3O3. The number of benzene rings is 1. The minimum atomic E-state index is -0.186. The van der Waals surface area contributed by atoms with Crippen molar-refractivity contribution in [3.63, 3.8) is 0 Å². The maximum atomic E-state index is 12.9. The van der Waals surface area contributed by atoms with Crippen LogP contribution in [0.2, 0.25) is 0 Å². The molecule has 0 bridgehead atoms. The van der Waals surface area contributed by atoms with Crippen molar-refractivity contribution < 1.29 is 14.3 Å². The van der Waals surface area contributed by atoms with Crippen molar-refractivity contribution in [2.24, 2.45) is 7.05 Å². The molecule has 0 radical (unpaired) electrons. The minimum Gasteiger partial charge on any atom is -0.379 e. The lowest BCUT2D eigenvalue weighted by Gasteiger charge is -2.32. The lowest BCUT2D eigenvalue weighted by atomic mass is 10.1. The molecule has 1 amide bonds. The number of para-hydroxylation sites is 1. The molecular weight excluding hydrogens is 342 g/mol. The van der Waals surface area contributed by atoms with Gasteiger partial charge in [0.25, 0.3) is 5.91 Å². The summed E-state index contributed by atoms with van der Waals surface area (Å²) < 4.78 is 13.6. The molecule has 2 aromatic heterocycles. The van der Waals surface area contributed by atoms with Crippen molar-refractivity contribution in [2.45, 2.75) is 25.2 Å². The Morgan fingerprint density at radius 2 is 2.15 bits per heavy atom. The smallest absolute Gasteiger partial charge is 0.253 e. The summed E-state index contributed by atoms with van der Waals surface area (Å²) in [6, 6.07) is 13.5. The number of pyridine rings is 1. The number of hydrogen-bond acceptors (Lipinski definition) is 4. The van der Waals surface area contributed by atoms with Gasteiger partial charge in [0.2, 0.25) is 0 Å². The first kappa shape index (κ1) is 17.7. The molecule has 140 valence electrons. The van der Waals surface area contributed by atoms with Gasteiger partial charge >= 0.3 is 0 Å². The van der Waals surface area contributed by atoms with E-state index in [4.69, 9.17) is 9.47 Å². The van der Waals surface area contributed by atoms with Crippen LogP contribution in [-0.2, 0) is 23.1 Å². The predicted molar refractivity (Wildman–Crippen MR) is 102 cm³/mol. The van der Waals surface area contributed by atoms with Crippen molar-refractivity contribution in [3.8, 4) is 0 Å². The largest absolute Gasteiger partial charge is 0.379 e. The monoisotopic (exact) mass is 365 g/mol. The summed E-state index contributed by atoms with van der Waals surface area (Å²) in [4.78, 5) is 17.2. The molecule has 2 atom stereocenters. The lowest BCUT2D eigenvalue weighted by Crippen LogP contribution is -2.50. The third-order valence-electron chi connectivity index (χ3n) is 4.92. The van der Waals surface area contributed by atoms with Crippen LogP contribution in [0.4, 0.5) is 0 Å². The molecule has 0 spiro atoms. The Bertz CT molecular complexity index is 923. The molecule has 0 aliphatic carbocycles. The van der Waals surface area contributed by atoms with Crippen LogP contribution in [0.15, 0.2) is 54.9 Å². The molecule has 1 fully saturated rings. The highest BCUT2D eigenvalue weighted by Gasteiger charge is 2.29. The number of aromatic nitrogens is 2. The van der Waals surface area contributed by atoms with Gasteiger partial charge in [-0.2, -0.15) is 0 Å². The number of amides is 1. The molecule has 3 aromatic rings. The quantitative estimate of drug-likeness (QED) is 0.755. The molecule has 6 nitrogen and oxygen atoms in total. The highest BCUT2D eigenvalue weighted by molar-refractivity contribution is 6.07. The number of aryl methyl sites for hydroxylation is 1. The van der Waals surface area contributed by atoms with Gasteiger partial charge in [0.05, 0.1) is 36.6 Å². The Hall–Kier alpha value is -2.70. The van der Waals surface area contributed by atoms with Crippen LogP contribution in [-0.4, -0.2) is 40.8 Å². The second kappa shape index (κ2) is 7.90. The molecule has 1 aromatic carbocycles. The number of fused-ring (bicyclic) bond motifs is 1. The standard InChI is InChI=1S/C21H23N3O3/c1-24-12-17(16-7-2-3-8-19(16)24)21(25)23-18-14-26-11-9-20(18)27-13-15-6-4-5-10-22-15/h2-8,10,12,18,20H,9,11,13-14H2,1H3,(H,23,25). The zero-order valence-electron chi connectivity index (χ0n) is 15.3. The molecule has 1 saturated heterocycles. The van der Waals surface area contributed by atoms with Crippen LogP contribution in [0, 0.1) is 0 Å². The topological polar surface area (TPSA) is 65.4 Å². The molecule has 1 N–H and O–H groups in total. The number of nitrogens with one attached hydrogen (secondary N) is 1. The Kier molecular flexibility index (Phi) is 5.18. The van der Waals surface area contributed by atoms with E-state index in [-0.39, 0.29) is 18.1 Å². The first-order valence-corrected chi connectivity index (χ1v) is 9.16. The molecule has 3 heterocycles. The Morgan fingerprint density at radius 1 is 1.30 bits per heavy atom. The number of nitrogens with zero attached hydrogens (tertiary/aromatic N) is 2. The van der Waals surface area contributed by atoms with Crippen LogP contribution in [0.1, 0.15) is 22.5 Å². The summed E-state index contributed by atoms with van der Waals surface area (Å²) in [6.07, 6.45) is 4.27. The molecule has 27 heavy (non-hydrogen) atoms. The Labute approximate surface area is 158 Å². The summed E-state index contributed by atoms with van der Waals surface area (Å²) in [7, 11) is 1.95. The summed E-state index contributed by atoms with van der Waals surface area (Å²) in [5.74, 6) is -0.103. The van der Waals surface area contributed by atoms with Crippen LogP contribution < -0.4 is 5.32 Å². The first-order valence-electron chi connectivity index (χ1n) is 9.16. The van der Waals surface area contributed by atoms with Crippen molar-refractivity contribution in [3.05, 3.63) is 66.1 Å². The summed E-state index contributed by atoms with van der Waals surface area (Å²) in [5.41, 5.74) is 2.58. The van der Waals surface area contributed by atoms with Gasteiger partial charge in [-0.25, -0.2) is 0 Å². The Morgan fingerprint density at radius 3 is 3.00 bits per heavy atom. The maximum absolute atomic E-state index is 12.9. The van der Waals surface area contributed by atoms with Crippen LogP contribution >= 0.6 is 0 Å². The normalized spacial score (nSPS) is 19.9. The fourth-order valence-electron chi connectivity index (χ4n) is 3.50. The van der Waals surface area contributed by atoms with E-state index in [2.05, 4.69) is 10.3 Å². The average molecular weight is 365 g/mol. The lowest BCUT2D eigenvalue weighted by molar-refractivity contribution is -0.0612. The number of rotatable bonds is 5. The van der Waals surface area contributed by atoms with Crippen molar-refractivity contribution in [1.29, 1.82) is 0 Å². The van der Waals surface area contributed by atoms with E-state index in [9.17, 15) is 4.79 Å². The number of hydrogen-bond donors (Lipinski definition) is 1. The molecule has 1 aliphatic heterocycles. The van der Waals surface area contributed by atoms with E-state index in [0.29, 0.717) is 25.4 Å². The van der Waals surface area contributed by atoms with Crippen molar-refractivity contribution in [2.75, 3.05) is 13.2 Å². The van der Waals surface area contributed by atoms with E-state index in [1.54, 1.807) is 6.20 Å². The van der Waals surface area contributed by atoms with Crippen LogP contribution in [0.25, 0.3) is 10.9 Å². The predicted octanol–water partition coefficient (Wildman–Crippen LogP) is 2.68. The van der Waals surface area contributed by atoms with Gasteiger partial charge in [0.15, 0.2) is 0 Å². The average Bonchev–Trinajstić information content (AvgIpc) is 3.05. The summed E-state index contributed by atoms with van der Waals surface area (Å²) >= 11 is 0. The van der Waals surface area contributed by atoms with Gasteiger partial charge in [0.1, 0.15) is 0 Å². The van der Waals surface area contributed by atoms with E-state index in [1.807, 2.05) is 60.3 Å². The van der Waals surface area contributed by atoms with Gasteiger partial charge < -0.3 is 19.4 Å². The number of carbonyl (C=O) groups excluding carboxylic acids is 1. The molecule has 2 unspecified atom stereocenters. The first-order chi connectivity index (χ1) is 13.2. The highest BCUT2D eigenvalue weighted by atomic mass is 16.5. The number of ether oxygens (including phenoxy) is 2. The molecule has 4 rings (SSSR count). The van der Waals surface area contributed by atoms with E-state index < -0.39 is 0 Å². The van der Waals surface area contributed by atoms with E-state index in [1.165, 1.54) is 0 Å². The fraction of sp³-hybridized carbons (Fsp3) is 0.333. The van der Waals surface area contributed by atoms with Crippen molar-refractivity contribution >= 4 is 16.8 Å². The zero-order chi connectivity index (χ0) is 18.6. The molecule has 6 heteroatoms. The van der Waals surface area contributed by atoms with E-state index >= 15 is 0 Å². The van der Waals surface area contributed by atoms with E-state index in [0.717, 1.165) is 23.0 Å². The molecule has 0 saturated carbocycles. The summed E-state index contributed by atoms with van der Waals surface area (Å²) in [6.45, 7) is 1.50. The van der Waals surface area contributed by atoms with Gasteiger partial charge in [-0.05, 0) is 24.6 Å². The third kappa shape index (κ3) is 3.86. The van der Waals surface area contributed by atoms with Gasteiger partial charge in [-0.1, -0.05) is 24.3 Å². The highest BCUT2D eigenvalue weighted by Crippen LogP contribution is 2.21. The van der Waals surface area contributed by atoms with Crippen LogP contribution in [0.3, 0.4) is 0 Å². The van der Waals surface area contributed by atoms with Crippen molar-refractivity contribution in [1.82, 2.24) is 14.9 Å². The van der Waals surface area contributed by atoms with Gasteiger partial charge in [0, 0.05) is 37.0 Å². The SMILES string of the molecule is Cn1cc(C(=O)NC2COCCC2OCc2ccccn2)c2ccccc21. The molecule has 1 aliphatic rings. The zero-order valence-corrected chi connectivity index (χ0v) is 15.3. The third-order valence-corrected chi connectivity index (χ3v) is 4.92.